The van der Waals surface area contributed by atoms with E-state index in [-0.39, 0.29) is 5.91 Å². The highest BCUT2D eigenvalue weighted by Crippen LogP contribution is 2.17. The lowest BCUT2D eigenvalue weighted by Gasteiger charge is -2.07. The number of carbonyl (C=O) groups is 1. The van der Waals surface area contributed by atoms with Crippen molar-refractivity contribution in [2.24, 2.45) is 0 Å². The summed E-state index contributed by atoms with van der Waals surface area (Å²) in [5, 5.41) is 6.22. The number of rotatable bonds is 6. The van der Waals surface area contributed by atoms with Gasteiger partial charge in [0.2, 0.25) is 0 Å². The summed E-state index contributed by atoms with van der Waals surface area (Å²) < 4.78 is 5.08. The number of benzene rings is 1. The van der Waals surface area contributed by atoms with Crippen LogP contribution in [-0.2, 0) is 0 Å². The van der Waals surface area contributed by atoms with Gasteiger partial charge in [-0.3, -0.25) is 4.79 Å². The van der Waals surface area contributed by atoms with Gasteiger partial charge in [-0.2, -0.15) is 0 Å². The van der Waals surface area contributed by atoms with Crippen molar-refractivity contribution in [3.63, 3.8) is 0 Å². The Morgan fingerprint density at radius 3 is 2.94 bits per heavy atom. The maximum atomic E-state index is 11.8. The minimum absolute atomic E-state index is 0.0542. The fourth-order valence-electron chi connectivity index (χ4n) is 1.61. The summed E-state index contributed by atoms with van der Waals surface area (Å²) in [6.07, 6.45) is 2.54. The summed E-state index contributed by atoms with van der Waals surface area (Å²) in [6.45, 7) is 1.49. The second-order valence-corrected chi connectivity index (χ2v) is 4.22. The van der Waals surface area contributed by atoms with Gasteiger partial charge in [-0.1, -0.05) is 6.07 Å². The van der Waals surface area contributed by atoms with Crippen LogP contribution in [-0.4, -0.2) is 32.1 Å². The maximum Gasteiger partial charge on any atom is 0.251 e. The molecule has 0 saturated heterocycles. The Morgan fingerprint density at radius 2 is 2.24 bits per heavy atom. The van der Waals surface area contributed by atoms with Crippen LogP contribution < -0.4 is 15.4 Å². The van der Waals surface area contributed by atoms with Gasteiger partial charge in [0.05, 0.1) is 7.11 Å². The van der Waals surface area contributed by atoms with Gasteiger partial charge in [0, 0.05) is 24.7 Å². The van der Waals surface area contributed by atoms with Gasteiger partial charge in [-0.15, -0.1) is 0 Å². The molecular weight excluding hydrogens is 216 g/mol. The molecule has 0 aliphatic heterocycles. The summed E-state index contributed by atoms with van der Waals surface area (Å²) in [7, 11) is 1.59. The van der Waals surface area contributed by atoms with E-state index < -0.39 is 0 Å². The van der Waals surface area contributed by atoms with Crippen LogP contribution in [0.15, 0.2) is 24.3 Å². The van der Waals surface area contributed by atoms with Crippen LogP contribution in [0.1, 0.15) is 23.2 Å². The van der Waals surface area contributed by atoms with Crippen LogP contribution in [0, 0.1) is 0 Å². The minimum Gasteiger partial charge on any atom is -0.497 e. The zero-order valence-corrected chi connectivity index (χ0v) is 10.0. The van der Waals surface area contributed by atoms with Crippen molar-refractivity contribution in [1.82, 2.24) is 10.6 Å². The number of hydrogen-bond acceptors (Lipinski definition) is 3. The predicted octanol–water partition coefficient (Wildman–Crippen LogP) is 1.18. The summed E-state index contributed by atoms with van der Waals surface area (Å²) in [4.78, 5) is 11.8. The Hall–Kier alpha value is -1.55. The molecule has 1 aliphatic carbocycles. The van der Waals surface area contributed by atoms with Crippen molar-refractivity contribution in [2.75, 3.05) is 20.2 Å². The molecule has 0 radical (unpaired) electrons. The Kier molecular flexibility index (Phi) is 3.98. The van der Waals surface area contributed by atoms with E-state index in [2.05, 4.69) is 10.6 Å². The molecule has 17 heavy (non-hydrogen) atoms. The van der Waals surface area contributed by atoms with Crippen LogP contribution in [0.2, 0.25) is 0 Å². The van der Waals surface area contributed by atoms with Gasteiger partial charge in [0.1, 0.15) is 5.75 Å². The van der Waals surface area contributed by atoms with Crippen molar-refractivity contribution >= 4 is 5.91 Å². The predicted molar refractivity (Wildman–Crippen MR) is 66.4 cm³/mol. The van der Waals surface area contributed by atoms with E-state index in [1.54, 1.807) is 19.2 Å². The quantitative estimate of drug-likeness (QED) is 0.727. The molecule has 1 amide bonds. The largest absolute Gasteiger partial charge is 0.497 e. The standard InChI is InChI=1S/C13H18N2O2/c1-17-12-4-2-3-10(9-12)13(16)15-8-7-14-11-5-6-11/h2-4,9,11,14H,5-8H2,1H3,(H,15,16). The molecule has 1 fully saturated rings. The Labute approximate surface area is 101 Å². The lowest BCUT2D eigenvalue weighted by atomic mass is 10.2. The topological polar surface area (TPSA) is 50.4 Å². The molecule has 1 aromatic rings. The van der Waals surface area contributed by atoms with Crippen molar-refractivity contribution in [3.8, 4) is 5.75 Å². The van der Waals surface area contributed by atoms with Gasteiger partial charge in [-0.25, -0.2) is 0 Å². The van der Waals surface area contributed by atoms with Crippen molar-refractivity contribution in [2.45, 2.75) is 18.9 Å². The number of hydrogen-bond donors (Lipinski definition) is 2. The molecule has 0 spiro atoms. The lowest BCUT2D eigenvalue weighted by Crippen LogP contribution is -2.32. The van der Waals surface area contributed by atoms with E-state index in [0.29, 0.717) is 23.9 Å². The van der Waals surface area contributed by atoms with Crippen molar-refractivity contribution < 1.29 is 9.53 Å². The third kappa shape index (κ3) is 3.75. The first-order valence-corrected chi connectivity index (χ1v) is 5.95. The normalized spacial score (nSPS) is 14.4. The molecule has 0 heterocycles. The molecule has 0 unspecified atom stereocenters. The van der Waals surface area contributed by atoms with E-state index in [4.69, 9.17) is 4.74 Å². The Balaban J connectivity index is 1.76. The third-order valence-corrected chi connectivity index (χ3v) is 2.75. The monoisotopic (exact) mass is 234 g/mol. The number of amides is 1. The summed E-state index contributed by atoms with van der Waals surface area (Å²) in [6, 6.07) is 7.85. The van der Waals surface area contributed by atoms with E-state index in [9.17, 15) is 4.79 Å². The third-order valence-electron chi connectivity index (χ3n) is 2.75. The van der Waals surface area contributed by atoms with Crippen LogP contribution in [0.3, 0.4) is 0 Å². The number of carbonyl (C=O) groups excluding carboxylic acids is 1. The fraction of sp³-hybridized carbons (Fsp3) is 0.462. The second-order valence-electron chi connectivity index (χ2n) is 4.22. The van der Waals surface area contributed by atoms with Gasteiger partial charge in [0.25, 0.3) is 5.91 Å². The molecule has 92 valence electrons. The first-order chi connectivity index (χ1) is 8.29. The molecule has 0 bridgehead atoms. The van der Waals surface area contributed by atoms with E-state index in [0.717, 1.165) is 6.54 Å². The fourth-order valence-corrected chi connectivity index (χ4v) is 1.61. The molecule has 4 nitrogen and oxygen atoms in total. The zero-order chi connectivity index (χ0) is 12.1. The van der Waals surface area contributed by atoms with E-state index in [1.165, 1.54) is 12.8 Å². The smallest absolute Gasteiger partial charge is 0.251 e. The summed E-state index contributed by atoms with van der Waals surface area (Å²) in [5.74, 6) is 0.648. The molecule has 2 N–H and O–H groups in total. The molecular formula is C13H18N2O2. The van der Waals surface area contributed by atoms with E-state index >= 15 is 0 Å². The first-order valence-electron chi connectivity index (χ1n) is 5.95. The van der Waals surface area contributed by atoms with Crippen LogP contribution >= 0.6 is 0 Å². The minimum atomic E-state index is -0.0542. The molecule has 1 aromatic carbocycles. The van der Waals surface area contributed by atoms with E-state index in [1.807, 2.05) is 12.1 Å². The lowest BCUT2D eigenvalue weighted by molar-refractivity contribution is 0.0953. The first kappa shape index (κ1) is 11.9. The molecule has 0 atom stereocenters. The van der Waals surface area contributed by atoms with Crippen molar-refractivity contribution in [1.29, 1.82) is 0 Å². The maximum absolute atomic E-state index is 11.8. The average molecular weight is 234 g/mol. The van der Waals surface area contributed by atoms with Crippen LogP contribution in [0.25, 0.3) is 0 Å². The zero-order valence-electron chi connectivity index (χ0n) is 10.0. The number of nitrogens with one attached hydrogen (secondary N) is 2. The van der Waals surface area contributed by atoms with Gasteiger partial charge in [-0.05, 0) is 31.0 Å². The highest BCUT2D eigenvalue weighted by atomic mass is 16.5. The highest BCUT2D eigenvalue weighted by molar-refractivity contribution is 5.94. The highest BCUT2D eigenvalue weighted by Gasteiger charge is 2.19. The van der Waals surface area contributed by atoms with Crippen LogP contribution in [0.5, 0.6) is 5.75 Å². The van der Waals surface area contributed by atoms with Crippen LogP contribution in [0.4, 0.5) is 0 Å². The number of ether oxygens (including phenoxy) is 1. The average Bonchev–Trinajstić information content (AvgIpc) is 3.18. The molecule has 0 aromatic heterocycles. The van der Waals surface area contributed by atoms with Gasteiger partial charge in [0.15, 0.2) is 0 Å². The summed E-state index contributed by atoms with van der Waals surface area (Å²) in [5.41, 5.74) is 0.635. The van der Waals surface area contributed by atoms with Gasteiger partial charge >= 0.3 is 0 Å². The van der Waals surface area contributed by atoms with Crippen molar-refractivity contribution in [3.05, 3.63) is 29.8 Å². The number of methoxy groups -OCH3 is 1. The van der Waals surface area contributed by atoms with Gasteiger partial charge < -0.3 is 15.4 Å². The molecule has 4 heteroatoms. The summed E-state index contributed by atoms with van der Waals surface area (Å²) >= 11 is 0. The molecule has 1 saturated carbocycles. The SMILES string of the molecule is COc1cccc(C(=O)NCCNC2CC2)c1. The Bertz CT molecular complexity index is 389. The molecule has 2 rings (SSSR count). The second kappa shape index (κ2) is 5.68. The molecule has 1 aliphatic rings. The Morgan fingerprint density at radius 1 is 1.41 bits per heavy atom.